The van der Waals surface area contributed by atoms with Crippen LogP contribution in [0.1, 0.15) is 19.3 Å². The first kappa shape index (κ1) is 69.9. The second-order valence-corrected chi connectivity index (χ2v) is 5.39. The van der Waals surface area contributed by atoms with Gasteiger partial charge in [0.15, 0.2) is 0 Å². The van der Waals surface area contributed by atoms with Crippen LogP contribution < -0.4 is 0 Å². The second-order valence-electron chi connectivity index (χ2n) is 3.79. The second kappa shape index (κ2) is 39.4. The Balaban J connectivity index is -0.0000000186. The Kier molecular flexibility index (Phi) is 98.4. The summed E-state index contributed by atoms with van der Waals surface area (Å²) >= 11 is -5.12. The SMILES string of the molecule is C1=CC[N-]C(C2CCCC[N-]2)=C1.O.O.O.O.O.[Ni+2].[Ni].[Ni].[OH3+].[O]=[V]([OH])([OH])[OH].[V].[V]. The van der Waals surface area contributed by atoms with E-state index < -0.39 is 15.0 Å². The van der Waals surface area contributed by atoms with Gasteiger partial charge < -0.3 is 43.5 Å². The molecule has 28 heavy (non-hydrogen) atoms. The zero-order valence-electron chi connectivity index (χ0n) is 14.4. The average molecular weight is 667 g/mol. The van der Waals surface area contributed by atoms with Gasteiger partial charge in [-0.1, -0.05) is 31.4 Å². The molecular weight excluding hydrogens is 637 g/mol. The molecule has 18 heteroatoms. The van der Waals surface area contributed by atoms with Crippen LogP contribution in [0.15, 0.2) is 23.9 Å². The molecule has 0 saturated carbocycles. The Morgan fingerprint density at radius 3 is 1.68 bits per heavy atom. The Morgan fingerprint density at radius 2 is 1.39 bits per heavy atom. The maximum Gasteiger partial charge on any atom is 0 e. The van der Waals surface area contributed by atoms with Crippen LogP contribution in [-0.2, 0) is 111 Å². The average Bonchev–Trinajstić information content (AvgIpc) is 2.29. The molecule has 0 amide bonds. The van der Waals surface area contributed by atoms with Gasteiger partial charge in [0.05, 0.1) is 0 Å². The fourth-order valence-electron chi connectivity index (χ4n) is 1.68. The van der Waals surface area contributed by atoms with Crippen LogP contribution in [0.2, 0.25) is 0 Å². The van der Waals surface area contributed by atoms with Gasteiger partial charge in [0, 0.05) is 70.1 Å². The van der Waals surface area contributed by atoms with Crippen molar-refractivity contribution in [2.45, 2.75) is 25.3 Å². The molecule has 2 aliphatic heterocycles. The van der Waals surface area contributed by atoms with Crippen molar-refractivity contribution >= 4 is 0 Å². The Hall–Kier alpha value is 1.91. The third-order valence-corrected chi connectivity index (χ3v) is 2.36. The van der Waals surface area contributed by atoms with Gasteiger partial charge in [0.25, 0.3) is 0 Å². The van der Waals surface area contributed by atoms with Crippen LogP contribution in [0.4, 0.5) is 0 Å². The minimum absolute atomic E-state index is 0. The maximum atomic E-state index is 8.94. The van der Waals surface area contributed by atoms with Crippen molar-refractivity contribution in [3.05, 3.63) is 34.6 Å². The van der Waals surface area contributed by atoms with Gasteiger partial charge in [-0.3, -0.25) is 0 Å². The van der Waals surface area contributed by atoms with Gasteiger partial charge in [-0.2, -0.15) is 5.70 Å². The monoisotopic (exact) mass is 665 g/mol. The molecule has 184 valence electrons. The summed E-state index contributed by atoms with van der Waals surface area (Å²) in [5.41, 5.74) is 1.19. The summed E-state index contributed by atoms with van der Waals surface area (Å²) in [6, 6.07) is 0.406. The van der Waals surface area contributed by atoms with Crippen LogP contribution in [-0.4, -0.2) is 58.6 Å². The van der Waals surface area contributed by atoms with E-state index in [0.29, 0.717) is 6.04 Å². The molecule has 0 aromatic heterocycles. The van der Waals surface area contributed by atoms with E-state index in [-0.39, 0.29) is 119 Å². The number of rotatable bonds is 1. The van der Waals surface area contributed by atoms with E-state index in [1.165, 1.54) is 25.0 Å². The Bertz CT molecular complexity index is 353. The largest absolute Gasteiger partial charge is 0 e. The molecule has 1 unspecified atom stereocenters. The summed E-state index contributed by atoms with van der Waals surface area (Å²) in [4.78, 5) is 0. The molecule has 0 bridgehead atoms. The van der Waals surface area contributed by atoms with Crippen LogP contribution in [0, 0.1) is 0 Å². The van der Waals surface area contributed by atoms with E-state index in [4.69, 9.17) is 15.8 Å². The number of hydrogen-bond donors (Lipinski definition) is 3. The van der Waals surface area contributed by atoms with Crippen molar-refractivity contribution < 1.29 is 150 Å². The van der Waals surface area contributed by atoms with Crippen LogP contribution in [0.25, 0.3) is 10.6 Å². The van der Waals surface area contributed by atoms with E-state index in [1.807, 2.05) is 0 Å². The van der Waals surface area contributed by atoms with Gasteiger partial charge in [0.2, 0.25) is 0 Å². The summed E-state index contributed by atoms with van der Waals surface area (Å²) < 4.78 is 30.7. The molecule has 0 spiro atoms. The normalized spacial score (nSPS) is 14.7. The zero-order valence-corrected chi connectivity index (χ0v) is 21.5. The first-order chi connectivity index (χ1) is 7.97. The van der Waals surface area contributed by atoms with Crippen molar-refractivity contribution in [2.75, 3.05) is 13.1 Å². The van der Waals surface area contributed by atoms with Crippen molar-refractivity contribution in [1.29, 1.82) is 0 Å². The van der Waals surface area contributed by atoms with Crippen LogP contribution >= 0.6 is 0 Å². The van der Waals surface area contributed by atoms with E-state index in [9.17, 15) is 0 Å². The van der Waals surface area contributed by atoms with Gasteiger partial charge >= 0.3 is 47.3 Å². The molecule has 2 rings (SSSR count). The van der Waals surface area contributed by atoms with Gasteiger partial charge in [-0.15, -0.1) is 25.2 Å². The molecule has 2 radical (unpaired) electrons. The molecule has 1 atom stereocenters. The third-order valence-electron chi connectivity index (χ3n) is 2.36. The molecular formula is C10H30N2Ni3O10V3+. The maximum absolute atomic E-state index is 8.94. The minimum Gasteiger partial charge on any atom is 0 e. The molecule has 12 nitrogen and oxygen atoms in total. The van der Waals surface area contributed by atoms with Crippen LogP contribution in [0.5, 0.6) is 0 Å². The van der Waals surface area contributed by atoms with Crippen molar-refractivity contribution in [1.82, 2.24) is 0 Å². The molecule has 0 aliphatic carbocycles. The summed E-state index contributed by atoms with van der Waals surface area (Å²) in [5, 5.41) is 8.99. The number of piperidine rings is 1. The zero-order chi connectivity index (χ0) is 12.7. The van der Waals surface area contributed by atoms with Crippen molar-refractivity contribution in [3.63, 3.8) is 0 Å². The number of allylic oxidation sites excluding steroid dienone is 2. The summed E-state index contributed by atoms with van der Waals surface area (Å²) in [6.45, 7) is 1.87. The third kappa shape index (κ3) is 42.1. The molecule has 2 heterocycles. The number of hydrogen-bond acceptors (Lipinski definition) is 1. The van der Waals surface area contributed by atoms with E-state index in [2.05, 4.69) is 28.9 Å². The Labute approximate surface area is 221 Å². The minimum atomic E-state index is -5.12. The van der Waals surface area contributed by atoms with Gasteiger partial charge in [-0.05, 0) is 0 Å². The predicted molar refractivity (Wildman–Crippen MR) is 81.6 cm³/mol. The topological polar surface area (TPSA) is 296 Å². The van der Waals surface area contributed by atoms with E-state index in [1.54, 1.807) is 0 Å². The first-order valence-corrected chi connectivity index (χ1v) is 7.90. The molecule has 0 aromatic rings. The van der Waals surface area contributed by atoms with E-state index in [0.717, 1.165) is 13.1 Å². The smallest absolute Gasteiger partial charge is 0 e. The van der Waals surface area contributed by atoms with Gasteiger partial charge in [-0.25, -0.2) is 0 Å². The van der Waals surface area contributed by atoms with E-state index >= 15 is 0 Å². The fourth-order valence-corrected chi connectivity index (χ4v) is 1.68. The van der Waals surface area contributed by atoms with Gasteiger partial charge in [0.1, 0.15) is 0 Å². The molecule has 0 aromatic carbocycles. The summed E-state index contributed by atoms with van der Waals surface area (Å²) in [6.07, 6.45) is 10.0. The fraction of sp³-hybridized carbons (Fsp3) is 0.600. The summed E-state index contributed by atoms with van der Waals surface area (Å²) in [7, 11) is 0. The van der Waals surface area contributed by atoms with Crippen molar-refractivity contribution in [2.24, 2.45) is 0 Å². The van der Waals surface area contributed by atoms with Crippen molar-refractivity contribution in [3.8, 4) is 0 Å². The predicted octanol–water partition coefficient (Wildman–Crippen LogP) is -4.11. The standard InChI is InChI=1S/C10H14N2.3Ni.9H2O.O.3V/c1-3-7-11-9(5-1)10-6-2-4-8-12-10;;;;;;;;;;;;;;;;/h1,3,5,10H,2,4,6-8H2;;;;9*1H2;;;;/q-2;;;+2;;;;;;;;;;;;;+3/p-2. The molecule has 1 fully saturated rings. The summed E-state index contributed by atoms with van der Waals surface area (Å²) in [5.74, 6) is 0. The Morgan fingerprint density at radius 1 is 0.964 bits per heavy atom. The molecule has 1 saturated heterocycles. The first-order valence-electron chi connectivity index (χ1n) is 5.46. The van der Waals surface area contributed by atoms with Crippen LogP contribution in [0.3, 0.4) is 0 Å². The number of nitrogens with zero attached hydrogens (tertiary/aromatic N) is 2. The molecule has 2 aliphatic rings. The quantitative estimate of drug-likeness (QED) is 0.185. The molecule has 16 N–H and O–H groups in total.